The molecule has 162 valence electrons. The number of rotatable bonds is 9. The lowest BCUT2D eigenvalue weighted by atomic mass is 10.0. The standard InChI is InChI=1S/C23H29NO6/c1-6-9-14-30-18-12-10-17(11-13-18)24-15(4)19(22(26)28-7-2)21(25)20(16(24)5)23(27)29-8-3/h10-13H,6-9,14H2,1-5H3. The van der Waals surface area contributed by atoms with Crippen molar-refractivity contribution in [2.75, 3.05) is 19.8 Å². The Hall–Kier alpha value is -3.09. The van der Waals surface area contributed by atoms with E-state index in [1.54, 1.807) is 32.3 Å². The number of pyridine rings is 1. The summed E-state index contributed by atoms with van der Waals surface area (Å²) in [7, 11) is 0. The van der Waals surface area contributed by atoms with Gasteiger partial charge < -0.3 is 18.8 Å². The second-order valence-corrected chi connectivity index (χ2v) is 6.72. The summed E-state index contributed by atoms with van der Waals surface area (Å²) < 4.78 is 17.5. The summed E-state index contributed by atoms with van der Waals surface area (Å²) in [4.78, 5) is 38.0. The molecule has 2 rings (SSSR count). The summed E-state index contributed by atoms with van der Waals surface area (Å²) >= 11 is 0. The van der Waals surface area contributed by atoms with Crippen LogP contribution in [0, 0.1) is 13.8 Å². The fraction of sp³-hybridized carbons (Fsp3) is 0.435. The van der Waals surface area contributed by atoms with Crippen molar-refractivity contribution in [3.63, 3.8) is 0 Å². The second kappa shape index (κ2) is 10.6. The SMILES string of the molecule is CCCCOc1ccc(-n2c(C)c(C(=O)OCC)c(=O)c(C(=O)OCC)c2C)cc1. The zero-order chi connectivity index (χ0) is 22.3. The van der Waals surface area contributed by atoms with Crippen LogP contribution in [-0.2, 0) is 9.47 Å². The van der Waals surface area contributed by atoms with Gasteiger partial charge in [0.2, 0.25) is 5.43 Å². The average molecular weight is 415 g/mol. The number of aromatic nitrogens is 1. The van der Waals surface area contributed by atoms with Crippen molar-refractivity contribution in [2.24, 2.45) is 0 Å². The molecule has 0 N–H and O–H groups in total. The summed E-state index contributed by atoms with van der Waals surface area (Å²) in [6, 6.07) is 7.26. The molecule has 0 bridgehead atoms. The maximum Gasteiger partial charge on any atom is 0.343 e. The lowest BCUT2D eigenvalue weighted by molar-refractivity contribution is 0.0519. The number of unbranched alkanes of at least 4 members (excludes halogenated alkanes) is 1. The van der Waals surface area contributed by atoms with Gasteiger partial charge in [-0.3, -0.25) is 4.79 Å². The highest BCUT2D eigenvalue weighted by atomic mass is 16.5. The van der Waals surface area contributed by atoms with Crippen molar-refractivity contribution in [2.45, 2.75) is 47.5 Å². The highest BCUT2D eigenvalue weighted by Crippen LogP contribution is 2.22. The zero-order valence-electron chi connectivity index (χ0n) is 18.2. The molecule has 0 fully saturated rings. The molecular weight excluding hydrogens is 386 g/mol. The van der Waals surface area contributed by atoms with E-state index in [0.29, 0.717) is 23.7 Å². The summed E-state index contributed by atoms with van der Waals surface area (Å²) in [5.74, 6) is -0.808. The first-order chi connectivity index (χ1) is 14.4. The van der Waals surface area contributed by atoms with Gasteiger partial charge in [-0.05, 0) is 58.4 Å². The van der Waals surface area contributed by atoms with E-state index in [1.165, 1.54) is 0 Å². The fourth-order valence-corrected chi connectivity index (χ4v) is 3.23. The van der Waals surface area contributed by atoms with Crippen LogP contribution in [0.5, 0.6) is 5.75 Å². The summed E-state index contributed by atoms with van der Waals surface area (Å²) in [5.41, 5.74) is 0.441. The quantitative estimate of drug-likeness (QED) is 0.455. The first-order valence-electron chi connectivity index (χ1n) is 10.2. The largest absolute Gasteiger partial charge is 0.494 e. The fourth-order valence-electron chi connectivity index (χ4n) is 3.23. The summed E-state index contributed by atoms with van der Waals surface area (Å²) in [5, 5.41) is 0. The predicted octanol–water partition coefficient (Wildman–Crippen LogP) is 3.99. The van der Waals surface area contributed by atoms with E-state index < -0.39 is 17.4 Å². The maximum absolute atomic E-state index is 13.0. The van der Waals surface area contributed by atoms with E-state index in [4.69, 9.17) is 14.2 Å². The van der Waals surface area contributed by atoms with Crippen molar-refractivity contribution in [3.8, 4) is 11.4 Å². The number of ether oxygens (including phenoxy) is 3. The highest BCUT2D eigenvalue weighted by Gasteiger charge is 2.27. The third-order valence-electron chi connectivity index (χ3n) is 4.67. The van der Waals surface area contributed by atoms with E-state index in [2.05, 4.69) is 6.92 Å². The van der Waals surface area contributed by atoms with Crippen LogP contribution in [-0.4, -0.2) is 36.3 Å². The topological polar surface area (TPSA) is 83.8 Å². The van der Waals surface area contributed by atoms with Crippen molar-refractivity contribution >= 4 is 11.9 Å². The monoisotopic (exact) mass is 415 g/mol. The molecular formula is C23H29NO6. The van der Waals surface area contributed by atoms with Gasteiger partial charge >= 0.3 is 11.9 Å². The van der Waals surface area contributed by atoms with E-state index in [9.17, 15) is 14.4 Å². The Labute approximate surface area is 176 Å². The molecule has 1 aromatic heterocycles. The maximum atomic E-state index is 13.0. The first kappa shape index (κ1) is 23.2. The van der Waals surface area contributed by atoms with Gasteiger partial charge in [0.1, 0.15) is 16.9 Å². The number of esters is 2. The van der Waals surface area contributed by atoms with Gasteiger partial charge in [0.25, 0.3) is 0 Å². The Balaban J connectivity index is 2.64. The minimum Gasteiger partial charge on any atom is -0.494 e. The number of benzene rings is 1. The van der Waals surface area contributed by atoms with Gasteiger partial charge in [-0.2, -0.15) is 0 Å². The number of nitrogens with zero attached hydrogens (tertiary/aromatic N) is 1. The first-order valence-corrected chi connectivity index (χ1v) is 10.2. The Morgan fingerprint density at radius 2 is 1.37 bits per heavy atom. The normalized spacial score (nSPS) is 10.6. The molecule has 7 nitrogen and oxygen atoms in total. The minimum absolute atomic E-state index is 0.115. The van der Waals surface area contributed by atoms with E-state index in [1.807, 2.05) is 24.3 Å². The molecule has 0 spiro atoms. The molecule has 0 saturated carbocycles. The molecule has 0 unspecified atom stereocenters. The molecule has 0 aliphatic rings. The van der Waals surface area contributed by atoms with E-state index >= 15 is 0 Å². The number of carbonyl (C=O) groups excluding carboxylic acids is 2. The van der Waals surface area contributed by atoms with Crippen LogP contribution in [0.3, 0.4) is 0 Å². The van der Waals surface area contributed by atoms with Crippen molar-refractivity contribution in [3.05, 3.63) is 57.0 Å². The zero-order valence-corrected chi connectivity index (χ0v) is 18.2. The van der Waals surface area contributed by atoms with Crippen molar-refractivity contribution in [1.29, 1.82) is 0 Å². The molecule has 1 heterocycles. The molecule has 0 aliphatic carbocycles. The Morgan fingerprint density at radius 3 is 1.80 bits per heavy atom. The van der Waals surface area contributed by atoms with Crippen LogP contribution in [0.4, 0.5) is 0 Å². The lowest BCUT2D eigenvalue weighted by Gasteiger charge is -2.20. The molecule has 0 saturated heterocycles. The molecule has 1 aromatic carbocycles. The predicted molar refractivity (Wildman–Crippen MR) is 114 cm³/mol. The van der Waals surface area contributed by atoms with E-state index in [0.717, 1.165) is 18.6 Å². The minimum atomic E-state index is -0.765. The van der Waals surface area contributed by atoms with Crippen molar-refractivity contribution < 1.29 is 23.8 Å². The lowest BCUT2D eigenvalue weighted by Crippen LogP contribution is -2.31. The number of hydrogen-bond acceptors (Lipinski definition) is 6. The van der Waals surface area contributed by atoms with Crippen LogP contribution in [0.15, 0.2) is 29.1 Å². The van der Waals surface area contributed by atoms with Gasteiger partial charge in [0, 0.05) is 17.1 Å². The Bertz CT molecular complexity index is 911. The molecule has 30 heavy (non-hydrogen) atoms. The molecule has 0 radical (unpaired) electrons. The van der Waals surface area contributed by atoms with Gasteiger partial charge in [0.15, 0.2) is 0 Å². The Morgan fingerprint density at radius 1 is 0.867 bits per heavy atom. The smallest absolute Gasteiger partial charge is 0.343 e. The average Bonchev–Trinajstić information content (AvgIpc) is 2.69. The van der Waals surface area contributed by atoms with Gasteiger partial charge in [-0.25, -0.2) is 9.59 Å². The van der Waals surface area contributed by atoms with Gasteiger partial charge in [-0.15, -0.1) is 0 Å². The molecule has 0 amide bonds. The van der Waals surface area contributed by atoms with Crippen LogP contribution in [0.2, 0.25) is 0 Å². The summed E-state index contributed by atoms with van der Waals surface area (Å²) in [6.45, 7) is 9.58. The highest BCUT2D eigenvalue weighted by molar-refractivity contribution is 5.96. The van der Waals surface area contributed by atoms with Crippen molar-refractivity contribution in [1.82, 2.24) is 4.57 Å². The van der Waals surface area contributed by atoms with Crippen LogP contribution in [0.1, 0.15) is 65.7 Å². The third kappa shape index (κ3) is 4.90. The molecule has 7 heteroatoms. The van der Waals surface area contributed by atoms with Gasteiger partial charge in [-0.1, -0.05) is 13.3 Å². The van der Waals surface area contributed by atoms with Crippen LogP contribution >= 0.6 is 0 Å². The Kier molecular flexibility index (Phi) is 8.21. The molecule has 0 aliphatic heterocycles. The molecule has 2 aromatic rings. The molecule has 0 atom stereocenters. The number of hydrogen-bond donors (Lipinski definition) is 0. The van der Waals surface area contributed by atoms with Crippen LogP contribution in [0.25, 0.3) is 5.69 Å². The van der Waals surface area contributed by atoms with Gasteiger partial charge in [0.05, 0.1) is 19.8 Å². The summed E-state index contributed by atoms with van der Waals surface area (Å²) in [6.07, 6.45) is 2.01. The van der Waals surface area contributed by atoms with E-state index in [-0.39, 0.29) is 24.3 Å². The third-order valence-corrected chi connectivity index (χ3v) is 4.67. The number of carbonyl (C=O) groups is 2. The van der Waals surface area contributed by atoms with Crippen LogP contribution < -0.4 is 10.2 Å². The second-order valence-electron chi connectivity index (χ2n) is 6.72.